The normalized spacial score (nSPS) is 20.6. The van der Waals surface area contributed by atoms with Crippen LogP contribution in [0.25, 0.3) is 0 Å². The highest BCUT2D eigenvalue weighted by Crippen LogP contribution is 2.36. The monoisotopic (exact) mass is 402 g/mol. The van der Waals surface area contributed by atoms with Crippen molar-refractivity contribution >= 4 is 21.7 Å². The van der Waals surface area contributed by atoms with E-state index < -0.39 is 0 Å². The van der Waals surface area contributed by atoms with Crippen LogP contribution in [-0.4, -0.2) is 47.2 Å². The molecule has 0 amide bonds. The Bertz CT molecular complexity index is 737. The van der Waals surface area contributed by atoms with Crippen LogP contribution in [0.5, 0.6) is 5.88 Å². The summed E-state index contributed by atoms with van der Waals surface area (Å²) in [4.78, 5) is 13.7. The van der Waals surface area contributed by atoms with Gasteiger partial charge in [-0.2, -0.15) is 0 Å². The Labute approximate surface area is 157 Å². The maximum Gasteiger partial charge on any atom is 0.218 e. The molecule has 1 atom stereocenters. The van der Waals surface area contributed by atoms with Crippen molar-refractivity contribution in [3.05, 3.63) is 46.7 Å². The number of anilines is 1. The zero-order chi connectivity index (χ0) is 17.2. The third kappa shape index (κ3) is 3.80. The van der Waals surface area contributed by atoms with Gasteiger partial charge in [-0.1, -0.05) is 34.1 Å². The Kier molecular flexibility index (Phi) is 4.90. The highest BCUT2D eigenvalue weighted by atomic mass is 79.9. The maximum atomic E-state index is 5.29. The van der Waals surface area contributed by atoms with E-state index in [0.29, 0.717) is 18.0 Å². The average Bonchev–Trinajstić information content (AvgIpc) is 3.36. The molecule has 2 aliphatic rings. The number of likely N-dealkylation sites (tertiary alicyclic amines) is 1. The van der Waals surface area contributed by atoms with E-state index in [-0.39, 0.29) is 0 Å². The molecule has 1 aromatic carbocycles. The maximum absolute atomic E-state index is 5.29. The fraction of sp³-hybridized carbons (Fsp3) is 0.474. The quantitative estimate of drug-likeness (QED) is 0.739. The van der Waals surface area contributed by atoms with E-state index in [4.69, 9.17) is 4.74 Å². The number of nitrogens with zero attached hydrogens (tertiary/aromatic N) is 4. The lowest BCUT2D eigenvalue weighted by molar-refractivity contribution is 0.324. The molecule has 1 aliphatic carbocycles. The third-order valence-electron chi connectivity index (χ3n) is 5.03. The van der Waals surface area contributed by atoms with Gasteiger partial charge in [-0.25, -0.2) is 9.97 Å². The van der Waals surface area contributed by atoms with Crippen LogP contribution in [-0.2, 0) is 6.54 Å². The molecule has 1 saturated heterocycles. The molecule has 25 heavy (non-hydrogen) atoms. The van der Waals surface area contributed by atoms with Gasteiger partial charge in [-0.05, 0) is 30.9 Å². The summed E-state index contributed by atoms with van der Waals surface area (Å²) in [5, 5.41) is 0. The highest BCUT2D eigenvalue weighted by Gasteiger charge is 2.38. The molecule has 5 nitrogen and oxygen atoms in total. The number of hydrogen-bond donors (Lipinski definition) is 0. The van der Waals surface area contributed by atoms with Crippen LogP contribution in [0.1, 0.15) is 24.8 Å². The molecule has 0 radical (unpaired) electrons. The summed E-state index contributed by atoms with van der Waals surface area (Å²) in [5.74, 6) is 1.64. The zero-order valence-corrected chi connectivity index (χ0v) is 16.0. The van der Waals surface area contributed by atoms with Crippen LogP contribution in [0.2, 0.25) is 0 Å². The lowest BCUT2D eigenvalue weighted by atomic mass is 10.2. The summed E-state index contributed by atoms with van der Waals surface area (Å²) >= 11 is 3.67. The summed E-state index contributed by atoms with van der Waals surface area (Å²) in [6.45, 7) is 3.19. The van der Waals surface area contributed by atoms with Crippen molar-refractivity contribution in [2.24, 2.45) is 0 Å². The lowest BCUT2D eigenvalue weighted by Gasteiger charge is -2.30. The minimum atomic E-state index is 0.509. The number of halogens is 1. The number of aromatic nitrogens is 2. The van der Waals surface area contributed by atoms with Crippen LogP contribution in [0.3, 0.4) is 0 Å². The van der Waals surface area contributed by atoms with Crippen LogP contribution < -0.4 is 9.64 Å². The van der Waals surface area contributed by atoms with E-state index in [1.807, 2.05) is 6.07 Å². The minimum Gasteiger partial charge on any atom is -0.481 e. The van der Waals surface area contributed by atoms with Crippen LogP contribution in [0.15, 0.2) is 41.1 Å². The van der Waals surface area contributed by atoms with Crippen molar-refractivity contribution in [3.8, 4) is 5.88 Å². The summed E-state index contributed by atoms with van der Waals surface area (Å²) in [6, 6.07) is 11.6. The van der Waals surface area contributed by atoms with Crippen LogP contribution in [0, 0.1) is 0 Å². The van der Waals surface area contributed by atoms with Gasteiger partial charge in [0.15, 0.2) is 0 Å². The predicted molar refractivity (Wildman–Crippen MR) is 102 cm³/mol. The summed E-state index contributed by atoms with van der Waals surface area (Å²) < 4.78 is 6.48. The fourth-order valence-electron chi connectivity index (χ4n) is 3.66. The van der Waals surface area contributed by atoms with Gasteiger partial charge in [0.1, 0.15) is 12.1 Å². The molecule has 6 heteroatoms. The van der Waals surface area contributed by atoms with Gasteiger partial charge in [0.25, 0.3) is 0 Å². The van der Waals surface area contributed by atoms with E-state index >= 15 is 0 Å². The molecule has 0 bridgehead atoms. The van der Waals surface area contributed by atoms with Crippen molar-refractivity contribution in [1.82, 2.24) is 14.9 Å². The second kappa shape index (κ2) is 7.30. The first-order valence-corrected chi connectivity index (χ1v) is 9.64. The van der Waals surface area contributed by atoms with Crippen molar-refractivity contribution in [2.45, 2.75) is 37.9 Å². The second-order valence-corrected chi connectivity index (χ2v) is 7.68. The fourth-order valence-corrected chi connectivity index (χ4v) is 4.07. The first kappa shape index (κ1) is 16.8. The molecule has 2 fully saturated rings. The standard InChI is InChI=1S/C19H23BrN4O/c1-25-19-10-18(21-13-22-19)24(15-6-7-15)16-8-9-23(12-16)11-14-4-2-3-5-17(14)20/h2-5,10,13,15-16H,6-9,11-12H2,1H3. The molecule has 1 aliphatic heterocycles. The van der Waals surface area contributed by atoms with Crippen LogP contribution >= 0.6 is 15.9 Å². The molecular weight excluding hydrogens is 380 g/mol. The lowest BCUT2D eigenvalue weighted by Crippen LogP contribution is -2.39. The van der Waals surface area contributed by atoms with Gasteiger partial charge >= 0.3 is 0 Å². The molecule has 1 unspecified atom stereocenters. The number of benzene rings is 1. The van der Waals surface area contributed by atoms with Gasteiger partial charge in [-0.15, -0.1) is 0 Å². The third-order valence-corrected chi connectivity index (χ3v) is 5.81. The first-order chi connectivity index (χ1) is 12.2. The van der Waals surface area contributed by atoms with Crippen molar-refractivity contribution in [3.63, 3.8) is 0 Å². The van der Waals surface area contributed by atoms with E-state index in [1.165, 1.54) is 29.3 Å². The summed E-state index contributed by atoms with van der Waals surface area (Å²) in [6.07, 6.45) is 5.30. The van der Waals surface area contributed by atoms with Gasteiger partial charge in [0, 0.05) is 42.3 Å². The van der Waals surface area contributed by atoms with Crippen molar-refractivity contribution in [1.29, 1.82) is 0 Å². The number of ether oxygens (including phenoxy) is 1. The van der Waals surface area contributed by atoms with Crippen molar-refractivity contribution < 1.29 is 4.74 Å². The topological polar surface area (TPSA) is 41.5 Å². The van der Waals surface area contributed by atoms with Gasteiger partial charge < -0.3 is 9.64 Å². The molecule has 0 N–H and O–H groups in total. The van der Waals surface area contributed by atoms with Gasteiger partial charge in [-0.3, -0.25) is 4.90 Å². The predicted octanol–water partition coefficient (Wildman–Crippen LogP) is 3.49. The van der Waals surface area contributed by atoms with E-state index in [0.717, 1.165) is 25.5 Å². The largest absolute Gasteiger partial charge is 0.481 e. The zero-order valence-electron chi connectivity index (χ0n) is 14.4. The molecule has 4 rings (SSSR count). The van der Waals surface area contributed by atoms with E-state index in [2.05, 4.69) is 60.0 Å². The van der Waals surface area contributed by atoms with Gasteiger partial charge in [0.2, 0.25) is 5.88 Å². The molecule has 2 heterocycles. The minimum absolute atomic E-state index is 0.509. The smallest absolute Gasteiger partial charge is 0.218 e. The molecular formula is C19H23BrN4O. The second-order valence-electron chi connectivity index (χ2n) is 6.83. The van der Waals surface area contributed by atoms with E-state index in [9.17, 15) is 0 Å². The Morgan fingerprint density at radius 1 is 1.20 bits per heavy atom. The Morgan fingerprint density at radius 2 is 2.04 bits per heavy atom. The SMILES string of the molecule is COc1cc(N(C2CC2)C2CCN(Cc3ccccc3Br)C2)ncn1. The molecule has 132 valence electrons. The Morgan fingerprint density at radius 3 is 2.80 bits per heavy atom. The number of hydrogen-bond acceptors (Lipinski definition) is 5. The Hall–Kier alpha value is -1.66. The van der Waals surface area contributed by atoms with E-state index in [1.54, 1.807) is 13.4 Å². The average molecular weight is 403 g/mol. The molecule has 0 spiro atoms. The van der Waals surface area contributed by atoms with Crippen LogP contribution in [0.4, 0.5) is 5.82 Å². The summed E-state index contributed by atoms with van der Waals surface area (Å²) in [7, 11) is 1.66. The number of rotatable bonds is 6. The first-order valence-electron chi connectivity index (χ1n) is 8.84. The summed E-state index contributed by atoms with van der Waals surface area (Å²) in [5.41, 5.74) is 1.35. The highest BCUT2D eigenvalue weighted by molar-refractivity contribution is 9.10. The molecule has 1 saturated carbocycles. The van der Waals surface area contributed by atoms with Crippen molar-refractivity contribution in [2.75, 3.05) is 25.1 Å². The number of methoxy groups -OCH3 is 1. The molecule has 1 aromatic heterocycles. The molecule has 2 aromatic rings. The van der Waals surface area contributed by atoms with Gasteiger partial charge in [0.05, 0.1) is 7.11 Å². The Balaban J connectivity index is 1.48.